The molecule has 1 heterocycles. The summed E-state index contributed by atoms with van der Waals surface area (Å²) in [5.74, 6) is 0.0225. The molecular weight excluding hydrogens is 346 g/mol. The van der Waals surface area contributed by atoms with Crippen LogP contribution in [-0.2, 0) is 14.6 Å². The lowest BCUT2D eigenvalue weighted by atomic mass is 9.85. The molecule has 1 N–H and O–H groups in total. The van der Waals surface area contributed by atoms with Gasteiger partial charge in [-0.25, -0.2) is 0 Å². The van der Waals surface area contributed by atoms with E-state index in [1.165, 1.54) is 0 Å². The third kappa shape index (κ3) is 2.96. The maximum atomic E-state index is 12.4. The first-order valence-corrected chi connectivity index (χ1v) is 10.9. The maximum Gasteiger partial charge on any atom is 0.237 e. The average molecular weight is 370 g/mol. The summed E-state index contributed by atoms with van der Waals surface area (Å²) in [4.78, 5) is 12.4. The highest BCUT2D eigenvalue weighted by molar-refractivity contribution is 9.10. The Balaban J connectivity index is 2.26. The van der Waals surface area contributed by atoms with Crippen LogP contribution in [0.4, 0.5) is 5.69 Å². The van der Waals surface area contributed by atoms with Crippen molar-refractivity contribution in [3.63, 3.8) is 0 Å². The average Bonchev–Trinajstić information content (AvgIpc) is 2.58. The molecule has 0 aliphatic carbocycles. The van der Waals surface area contributed by atoms with Gasteiger partial charge >= 0.3 is 0 Å². The summed E-state index contributed by atoms with van der Waals surface area (Å²) in [5.41, 5.74) is 1.30. The van der Waals surface area contributed by atoms with Crippen molar-refractivity contribution in [2.75, 3.05) is 11.9 Å². The molecule has 0 aromatic heterocycles. The van der Waals surface area contributed by atoms with Crippen LogP contribution in [0.15, 0.2) is 22.7 Å². The summed E-state index contributed by atoms with van der Waals surface area (Å²) < 4.78 is 7.27. The summed E-state index contributed by atoms with van der Waals surface area (Å²) in [7, 11) is -1.87. The molecule has 21 heavy (non-hydrogen) atoms. The smallest absolute Gasteiger partial charge is 0.237 e. The predicted octanol–water partition coefficient (Wildman–Crippen LogP) is 4.68. The van der Waals surface area contributed by atoms with Gasteiger partial charge in [-0.15, -0.1) is 0 Å². The van der Waals surface area contributed by atoms with Crippen LogP contribution in [0.5, 0.6) is 0 Å². The van der Waals surface area contributed by atoms with Gasteiger partial charge in [0.25, 0.3) is 0 Å². The van der Waals surface area contributed by atoms with E-state index in [0.29, 0.717) is 6.61 Å². The second kappa shape index (κ2) is 5.21. The number of hydrogen-bond donors (Lipinski definition) is 1. The standard InChI is InChI=1S/C16H24BrNO2Si/c1-15(2,3)21(5,6)20-10-16(4)12-8-7-11(17)9-13(12)18-14(16)19/h7-9H,10H2,1-6H3,(H,18,19). The quantitative estimate of drug-likeness (QED) is 0.785. The van der Waals surface area contributed by atoms with Crippen molar-refractivity contribution in [1.29, 1.82) is 0 Å². The van der Waals surface area contributed by atoms with E-state index in [9.17, 15) is 4.79 Å². The molecular formula is C16H24BrNO2Si. The molecule has 1 aliphatic rings. The van der Waals surface area contributed by atoms with Crippen LogP contribution >= 0.6 is 15.9 Å². The molecule has 2 rings (SSSR count). The van der Waals surface area contributed by atoms with Gasteiger partial charge in [0, 0.05) is 10.2 Å². The SMILES string of the molecule is CC1(CO[Si](C)(C)C(C)(C)C)C(=O)Nc2cc(Br)ccc21. The molecule has 0 fully saturated rings. The van der Waals surface area contributed by atoms with E-state index in [1.807, 2.05) is 25.1 Å². The Morgan fingerprint density at radius 2 is 1.95 bits per heavy atom. The van der Waals surface area contributed by atoms with Gasteiger partial charge in [0.1, 0.15) is 0 Å². The Morgan fingerprint density at radius 1 is 1.33 bits per heavy atom. The molecule has 3 nitrogen and oxygen atoms in total. The van der Waals surface area contributed by atoms with Gasteiger partial charge in [-0.3, -0.25) is 4.79 Å². The lowest BCUT2D eigenvalue weighted by Gasteiger charge is -2.38. The van der Waals surface area contributed by atoms with E-state index in [4.69, 9.17) is 4.43 Å². The number of benzene rings is 1. The van der Waals surface area contributed by atoms with Crippen molar-refractivity contribution in [2.24, 2.45) is 0 Å². The van der Waals surface area contributed by atoms with E-state index < -0.39 is 13.7 Å². The van der Waals surface area contributed by atoms with Crippen LogP contribution in [0, 0.1) is 0 Å². The van der Waals surface area contributed by atoms with Gasteiger partial charge in [0.15, 0.2) is 8.32 Å². The monoisotopic (exact) mass is 369 g/mol. The second-order valence-electron chi connectivity index (χ2n) is 7.53. The van der Waals surface area contributed by atoms with Crippen LogP contribution in [0.3, 0.4) is 0 Å². The number of rotatable bonds is 3. The molecule has 0 spiro atoms. The molecule has 1 amide bonds. The Kier molecular flexibility index (Phi) is 4.15. The molecule has 1 unspecified atom stereocenters. The fourth-order valence-corrected chi connectivity index (χ4v) is 3.61. The molecule has 0 radical (unpaired) electrons. The highest BCUT2D eigenvalue weighted by Crippen LogP contribution is 2.42. The van der Waals surface area contributed by atoms with Crippen molar-refractivity contribution in [1.82, 2.24) is 0 Å². The zero-order valence-electron chi connectivity index (χ0n) is 13.6. The van der Waals surface area contributed by atoms with Crippen LogP contribution < -0.4 is 5.32 Å². The first-order valence-electron chi connectivity index (χ1n) is 7.23. The number of nitrogens with one attached hydrogen (secondary N) is 1. The number of carbonyl (C=O) groups excluding carboxylic acids is 1. The van der Waals surface area contributed by atoms with Crippen LogP contribution in [0.2, 0.25) is 18.1 Å². The van der Waals surface area contributed by atoms with E-state index >= 15 is 0 Å². The molecule has 1 aromatic carbocycles. The molecule has 1 aromatic rings. The first kappa shape index (κ1) is 16.7. The van der Waals surface area contributed by atoms with Crippen LogP contribution in [0.25, 0.3) is 0 Å². The lowest BCUT2D eigenvalue weighted by molar-refractivity contribution is -0.121. The van der Waals surface area contributed by atoms with Crippen LogP contribution in [-0.4, -0.2) is 20.8 Å². The number of anilines is 1. The van der Waals surface area contributed by atoms with Crippen molar-refractivity contribution < 1.29 is 9.22 Å². The molecule has 1 atom stereocenters. The minimum Gasteiger partial charge on any atom is -0.415 e. The summed E-state index contributed by atoms with van der Waals surface area (Å²) in [6.45, 7) is 13.5. The van der Waals surface area contributed by atoms with Gasteiger partial charge in [0.05, 0.1) is 12.0 Å². The van der Waals surface area contributed by atoms with Gasteiger partial charge in [-0.2, -0.15) is 0 Å². The van der Waals surface area contributed by atoms with Crippen molar-refractivity contribution in [3.8, 4) is 0 Å². The first-order chi connectivity index (χ1) is 9.47. The minimum absolute atomic E-state index is 0.0225. The number of amides is 1. The number of fused-ring (bicyclic) bond motifs is 1. The second-order valence-corrected chi connectivity index (χ2v) is 13.3. The zero-order chi connectivity index (χ0) is 16.1. The van der Waals surface area contributed by atoms with Gasteiger partial charge in [0.2, 0.25) is 5.91 Å². The number of carbonyl (C=O) groups is 1. The summed E-state index contributed by atoms with van der Waals surface area (Å²) in [5, 5.41) is 3.11. The largest absolute Gasteiger partial charge is 0.415 e. The lowest BCUT2D eigenvalue weighted by Crippen LogP contribution is -2.46. The van der Waals surface area contributed by atoms with E-state index in [1.54, 1.807) is 0 Å². The zero-order valence-corrected chi connectivity index (χ0v) is 16.2. The van der Waals surface area contributed by atoms with E-state index in [2.05, 4.69) is 55.1 Å². The normalized spacial score (nSPS) is 22.1. The van der Waals surface area contributed by atoms with Crippen molar-refractivity contribution in [2.45, 2.75) is 51.2 Å². The van der Waals surface area contributed by atoms with Crippen molar-refractivity contribution >= 4 is 35.8 Å². The summed E-state index contributed by atoms with van der Waals surface area (Å²) in [6, 6.07) is 5.93. The van der Waals surface area contributed by atoms with Crippen LogP contribution in [0.1, 0.15) is 33.3 Å². The van der Waals surface area contributed by atoms with E-state index in [-0.39, 0.29) is 10.9 Å². The Labute approximate surface area is 136 Å². The predicted molar refractivity (Wildman–Crippen MR) is 93.3 cm³/mol. The highest BCUT2D eigenvalue weighted by Gasteiger charge is 2.46. The number of halogens is 1. The van der Waals surface area contributed by atoms with Gasteiger partial charge < -0.3 is 9.74 Å². The molecule has 0 bridgehead atoms. The Hall–Kier alpha value is -0.653. The number of hydrogen-bond acceptors (Lipinski definition) is 2. The third-order valence-corrected chi connectivity index (χ3v) is 9.82. The topological polar surface area (TPSA) is 38.3 Å². The molecule has 0 saturated heterocycles. The molecule has 1 aliphatic heterocycles. The van der Waals surface area contributed by atoms with Gasteiger partial charge in [-0.1, -0.05) is 42.8 Å². The Morgan fingerprint density at radius 3 is 2.52 bits per heavy atom. The Bertz CT molecular complexity index is 580. The molecule has 5 heteroatoms. The van der Waals surface area contributed by atoms with Crippen molar-refractivity contribution in [3.05, 3.63) is 28.2 Å². The fourth-order valence-electron chi connectivity index (χ4n) is 2.17. The summed E-state index contributed by atoms with van der Waals surface area (Å²) >= 11 is 3.44. The minimum atomic E-state index is -1.87. The molecule has 0 saturated carbocycles. The summed E-state index contributed by atoms with van der Waals surface area (Å²) in [6.07, 6.45) is 0. The highest BCUT2D eigenvalue weighted by atomic mass is 79.9. The van der Waals surface area contributed by atoms with Gasteiger partial charge in [-0.05, 0) is 42.8 Å². The van der Waals surface area contributed by atoms with E-state index in [0.717, 1.165) is 15.7 Å². The third-order valence-electron chi connectivity index (χ3n) is 4.85. The fraction of sp³-hybridized carbons (Fsp3) is 0.562. The molecule has 116 valence electrons. The maximum absolute atomic E-state index is 12.4.